The van der Waals surface area contributed by atoms with Crippen molar-refractivity contribution in [2.45, 2.75) is 31.3 Å². The number of nitrogens with one attached hydrogen (secondary N) is 1. The molecule has 1 aromatic rings. The molecule has 0 fully saturated rings. The van der Waals surface area contributed by atoms with Gasteiger partial charge in [0.25, 0.3) is 0 Å². The Balaban J connectivity index is 3.03. The van der Waals surface area contributed by atoms with Gasteiger partial charge < -0.3 is 15.7 Å². The molecule has 7 heteroatoms. The highest BCUT2D eigenvalue weighted by Gasteiger charge is 2.16. The molecule has 0 saturated heterocycles. The zero-order valence-electron chi connectivity index (χ0n) is 12.1. The van der Waals surface area contributed by atoms with Crippen LogP contribution in [0.4, 0.5) is 11.4 Å². The Bertz CT molecular complexity index is 544. The highest BCUT2D eigenvalue weighted by atomic mass is 32.2. The Hall–Kier alpha value is -1.31. The van der Waals surface area contributed by atoms with Crippen LogP contribution in [0.1, 0.15) is 20.3 Å². The molecular weight excluding hydrogens is 278 g/mol. The van der Waals surface area contributed by atoms with E-state index in [1.165, 1.54) is 6.07 Å². The first kappa shape index (κ1) is 16.7. The van der Waals surface area contributed by atoms with Crippen LogP contribution in [-0.2, 0) is 10.0 Å². The molecule has 1 rings (SSSR count). The summed E-state index contributed by atoms with van der Waals surface area (Å²) in [4.78, 5) is 2.03. The van der Waals surface area contributed by atoms with E-state index >= 15 is 0 Å². The van der Waals surface area contributed by atoms with Crippen molar-refractivity contribution in [3.05, 3.63) is 18.2 Å². The van der Waals surface area contributed by atoms with E-state index in [1.54, 1.807) is 26.0 Å². The Kier molecular flexibility index (Phi) is 5.79. The van der Waals surface area contributed by atoms with E-state index < -0.39 is 16.1 Å². The van der Waals surface area contributed by atoms with Crippen molar-refractivity contribution in [2.24, 2.45) is 0 Å². The van der Waals surface area contributed by atoms with Crippen LogP contribution < -0.4 is 15.4 Å². The average molecular weight is 301 g/mol. The maximum Gasteiger partial charge on any atom is 0.240 e. The highest BCUT2D eigenvalue weighted by molar-refractivity contribution is 7.89. The Morgan fingerprint density at radius 2 is 2.10 bits per heavy atom. The molecule has 0 heterocycles. The lowest BCUT2D eigenvalue weighted by molar-refractivity contribution is 0.187. The minimum absolute atomic E-state index is 0.187. The van der Waals surface area contributed by atoms with Gasteiger partial charge in [-0.2, -0.15) is 0 Å². The van der Waals surface area contributed by atoms with Crippen LogP contribution in [0.15, 0.2) is 23.1 Å². The number of nitrogens with zero attached hydrogens (tertiary/aromatic N) is 1. The first-order valence-corrected chi connectivity index (χ1v) is 8.04. The molecule has 0 aliphatic rings. The van der Waals surface area contributed by atoms with Gasteiger partial charge in [-0.3, -0.25) is 0 Å². The molecule has 1 atom stereocenters. The molecule has 1 aromatic carbocycles. The lowest BCUT2D eigenvalue weighted by Gasteiger charge is -2.22. The van der Waals surface area contributed by atoms with Crippen LogP contribution in [0.3, 0.4) is 0 Å². The summed E-state index contributed by atoms with van der Waals surface area (Å²) in [5.74, 6) is 0. The number of nitrogen functional groups attached to an aromatic ring is 1. The monoisotopic (exact) mass is 301 g/mol. The lowest BCUT2D eigenvalue weighted by Crippen LogP contribution is -2.25. The van der Waals surface area contributed by atoms with Gasteiger partial charge in [-0.15, -0.1) is 0 Å². The molecule has 20 heavy (non-hydrogen) atoms. The minimum Gasteiger partial charge on any atom is -0.397 e. The quantitative estimate of drug-likeness (QED) is 0.647. The molecule has 0 bridgehead atoms. The van der Waals surface area contributed by atoms with Gasteiger partial charge in [0.1, 0.15) is 0 Å². The number of anilines is 2. The maximum atomic E-state index is 12.0. The SMILES string of the molecule is CCNS(=O)(=O)c1ccc(N)c(N(C)CCC(C)O)c1. The molecule has 0 radical (unpaired) electrons. The number of hydrogen-bond donors (Lipinski definition) is 3. The minimum atomic E-state index is -3.50. The number of hydrogen-bond acceptors (Lipinski definition) is 5. The van der Waals surface area contributed by atoms with Gasteiger partial charge in [0.05, 0.1) is 22.4 Å². The summed E-state index contributed by atoms with van der Waals surface area (Å²) >= 11 is 0. The average Bonchev–Trinajstić information content (AvgIpc) is 2.36. The molecule has 114 valence electrons. The van der Waals surface area contributed by atoms with E-state index in [4.69, 9.17) is 5.73 Å². The molecule has 0 amide bonds. The van der Waals surface area contributed by atoms with Crippen LogP contribution in [0, 0.1) is 0 Å². The second kappa shape index (κ2) is 6.92. The van der Waals surface area contributed by atoms with E-state index in [0.717, 1.165) is 0 Å². The summed E-state index contributed by atoms with van der Waals surface area (Å²) in [7, 11) is -1.68. The molecule has 0 saturated carbocycles. The maximum absolute atomic E-state index is 12.0. The van der Waals surface area contributed by atoms with Crippen LogP contribution in [-0.4, -0.2) is 39.8 Å². The Morgan fingerprint density at radius 3 is 2.65 bits per heavy atom. The molecule has 4 N–H and O–H groups in total. The third kappa shape index (κ3) is 4.36. The first-order chi connectivity index (χ1) is 9.27. The highest BCUT2D eigenvalue weighted by Crippen LogP contribution is 2.26. The van der Waals surface area contributed by atoms with Gasteiger partial charge in [0, 0.05) is 20.1 Å². The fourth-order valence-electron chi connectivity index (χ4n) is 1.80. The summed E-state index contributed by atoms with van der Waals surface area (Å²) in [5.41, 5.74) is 7.05. The van der Waals surface area contributed by atoms with Gasteiger partial charge in [-0.1, -0.05) is 6.92 Å². The number of aliphatic hydroxyl groups is 1. The van der Waals surface area contributed by atoms with Gasteiger partial charge >= 0.3 is 0 Å². The zero-order valence-corrected chi connectivity index (χ0v) is 12.9. The van der Waals surface area contributed by atoms with Crippen molar-refractivity contribution in [3.8, 4) is 0 Å². The normalized spacial score (nSPS) is 13.2. The standard InChI is InChI=1S/C13H23N3O3S/c1-4-15-20(18,19)11-5-6-12(14)13(9-11)16(3)8-7-10(2)17/h5-6,9-10,15,17H,4,7-8,14H2,1-3H3. The van der Waals surface area contributed by atoms with Gasteiger partial charge in [-0.05, 0) is 31.5 Å². The fourth-order valence-corrected chi connectivity index (χ4v) is 2.86. The van der Waals surface area contributed by atoms with E-state index in [9.17, 15) is 13.5 Å². The fraction of sp³-hybridized carbons (Fsp3) is 0.538. The molecule has 0 aliphatic heterocycles. The summed E-state index contributed by atoms with van der Waals surface area (Å²) in [5, 5.41) is 9.31. The summed E-state index contributed by atoms with van der Waals surface area (Å²) in [6.07, 6.45) is 0.174. The van der Waals surface area contributed by atoms with Gasteiger partial charge in [-0.25, -0.2) is 13.1 Å². The predicted octanol–water partition coefficient (Wildman–Crippen LogP) is 0.774. The molecule has 0 aliphatic carbocycles. The van der Waals surface area contributed by atoms with Gasteiger partial charge in [0.2, 0.25) is 10.0 Å². The van der Waals surface area contributed by atoms with E-state index in [0.29, 0.717) is 30.9 Å². The van der Waals surface area contributed by atoms with Crippen molar-refractivity contribution in [3.63, 3.8) is 0 Å². The zero-order chi connectivity index (χ0) is 15.3. The van der Waals surface area contributed by atoms with Gasteiger partial charge in [0.15, 0.2) is 0 Å². The molecule has 6 nitrogen and oxygen atoms in total. The van der Waals surface area contributed by atoms with Crippen LogP contribution in [0.2, 0.25) is 0 Å². The summed E-state index contributed by atoms with van der Waals surface area (Å²) < 4.78 is 26.4. The predicted molar refractivity (Wildman–Crippen MR) is 81.3 cm³/mol. The number of benzene rings is 1. The van der Waals surface area contributed by atoms with Crippen molar-refractivity contribution in [1.29, 1.82) is 0 Å². The molecular formula is C13H23N3O3S. The number of aliphatic hydroxyl groups excluding tert-OH is 1. The summed E-state index contributed by atoms with van der Waals surface area (Å²) in [6.45, 7) is 4.36. The number of rotatable bonds is 7. The lowest BCUT2D eigenvalue weighted by atomic mass is 10.2. The Morgan fingerprint density at radius 1 is 1.45 bits per heavy atom. The second-order valence-electron chi connectivity index (χ2n) is 4.78. The summed E-state index contributed by atoms with van der Waals surface area (Å²) in [6, 6.07) is 4.62. The smallest absolute Gasteiger partial charge is 0.240 e. The third-order valence-electron chi connectivity index (χ3n) is 2.94. The molecule has 1 unspecified atom stereocenters. The number of nitrogens with two attached hydrogens (primary N) is 1. The number of sulfonamides is 1. The third-order valence-corrected chi connectivity index (χ3v) is 4.48. The van der Waals surface area contributed by atoms with E-state index in [1.807, 2.05) is 11.9 Å². The molecule has 0 spiro atoms. The van der Waals surface area contributed by atoms with Crippen LogP contribution in [0.5, 0.6) is 0 Å². The van der Waals surface area contributed by atoms with E-state index in [-0.39, 0.29) is 4.90 Å². The van der Waals surface area contributed by atoms with Crippen LogP contribution in [0.25, 0.3) is 0 Å². The largest absolute Gasteiger partial charge is 0.397 e. The van der Waals surface area contributed by atoms with E-state index in [2.05, 4.69) is 4.72 Å². The van der Waals surface area contributed by atoms with Crippen molar-refractivity contribution in [1.82, 2.24) is 4.72 Å². The van der Waals surface area contributed by atoms with Crippen molar-refractivity contribution in [2.75, 3.05) is 30.8 Å². The van der Waals surface area contributed by atoms with Crippen LogP contribution >= 0.6 is 0 Å². The Labute approximate surface area is 120 Å². The second-order valence-corrected chi connectivity index (χ2v) is 6.55. The topological polar surface area (TPSA) is 95.7 Å². The van der Waals surface area contributed by atoms with Crippen molar-refractivity contribution < 1.29 is 13.5 Å². The first-order valence-electron chi connectivity index (χ1n) is 6.56. The van der Waals surface area contributed by atoms with Crippen molar-refractivity contribution >= 4 is 21.4 Å². The molecule has 0 aromatic heterocycles.